The van der Waals surface area contributed by atoms with E-state index in [1.54, 1.807) is 4.40 Å². The van der Waals surface area contributed by atoms with E-state index in [1.807, 2.05) is 42.6 Å². The van der Waals surface area contributed by atoms with Crippen LogP contribution < -0.4 is 16.2 Å². The molecule has 2 aromatic carbocycles. The molecule has 4 aromatic rings. The molecule has 2 N–H and O–H groups in total. The van der Waals surface area contributed by atoms with Crippen LogP contribution in [0.15, 0.2) is 65.6 Å². The number of pyridine rings is 1. The SMILES string of the molecule is CCC/C=C(/NC1CNC1)c1cccn2c(=O)c3cc4ccccc4cc3nc12. The molecule has 1 aliphatic heterocycles. The van der Waals surface area contributed by atoms with E-state index < -0.39 is 0 Å². The molecule has 0 amide bonds. The minimum Gasteiger partial charge on any atom is -0.379 e. The fourth-order valence-electron chi connectivity index (χ4n) is 3.87. The van der Waals surface area contributed by atoms with Crippen LogP contribution in [0.3, 0.4) is 0 Å². The number of rotatable bonds is 5. The largest absolute Gasteiger partial charge is 0.379 e. The molecule has 1 aliphatic rings. The summed E-state index contributed by atoms with van der Waals surface area (Å²) in [6.07, 6.45) is 6.09. The molecular weight excluding hydrogens is 360 g/mol. The van der Waals surface area contributed by atoms with E-state index in [4.69, 9.17) is 4.98 Å². The maximum absolute atomic E-state index is 13.3. The topological polar surface area (TPSA) is 58.4 Å². The van der Waals surface area contributed by atoms with Crippen LogP contribution in [-0.4, -0.2) is 28.5 Å². The lowest BCUT2D eigenvalue weighted by atomic mass is 10.1. The Balaban J connectivity index is 1.75. The van der Waals surface area contributed by atoms with E-state index in [2.05, 4.69) is 35.8 Å². The van der Waals surface area contributed by atoms with Crippen LogP contribution in [0.1, 0.15) is 25.3 Å². The van der Waals surface area contributed by atoms with E-state index in [9.17, 15) is 4.79 Å². The minimum atomic E-state index is -0.0299. The van der Waals surface area contributed by atoms with Gasteiger partial charge in [-0.25, -0.2) is 4.98 Å². The van der Waals surface area contributed by atoms with E-state index in [0.717, 1.165) is 53.5 Å². The van der Waals surface area contributed by atoms with Gasteiger partial charge in [-0.3, -0.25) is 9.20 Å². The highest BCUT2D eigenvalue weighted by Crippen LogP contribution is 2.23. The van der Waals surface area contributed by atoms with E-state index in [1.165, 1.54) is 0 Å². The maximum atomic E-state index is 13.3. The van der Waals surface area contributed by atoms with Crippen molar-refractivity contribution in [1.82, 2.24) is 20.0 Å². The number of benzene rings is 2. The number of fused-ring (bicyclic) bond motifs is 3. The maximum Gasteiger partial charge on any atom is 0.265 e. The first-order valence-corrected chi connectivity index (χ1v) is 10.3. The lowest BCUT2D eigenvalue weighted by Gasteiger charge is -2.30. The minimum absolute atomic E-state index is 0.0299. The molecule has 0 radical (unpaired) electrons. The normalized spacial score (nSPS) is 15.1. The smallest absolute Gasteiger partial charge is 0.265 e. The third kappa shape index (κ3) is 3.17. The van der Waals surface area contributed by atoms with Crippen molar-refractivity contribution in [2.75, 3.05) is 13.1 Å². The highest BCUT2D eigenvalue weighted by Gasteiger charge is 2.19. The monoisotopic (exact) mass is 384 g/mol. The van der Waals surface area contributed by atoms with Gasteiger partial charge in [0.2, 0.25) is 0 Å². The van der Waals surface area contributed by atoms with Crippen molar-refractivity contribution < 1.29 is 0 Å². The second-order valence-corrected chi connectivity index (χ2v) is 7.65. The van der Waals surface area contributed by atoms with Gasteiger partial charge in [0.05, 0.1) is 16.9 Å². The second kappa shape index (κ2) is 7.33. The molecule has 0 saturated carbocycles. The number of aromatic nitrogens is 2. The number of hydrogen-bond acceptors (Lipinski definition) is 4. The summed E-state index contributed by atoms with van der Waals surface area (Å²) < 4.78 is 1.67. The van der Waals surface area contributed by atoms with Gasteiger partial charge >= 0.3 is 0 Å². The van der Waals surface area contributed by atoms with Crippen molar-refractivity contribution >= 4 is 33.0 Å². The van der Waals surface area contributed by atoms with Crippen molar-refractivity contribution in [2.45, 2.75) is 25.8 Å². The Bertz CT molecular complexity index is 1300. The van der Waals surface area contributed by atoms with Gasteiger partial charge < -0.3 is 10.6 Å². The molecule has 1 fully saturated rings. The Morgan fingerprint density at radius 2 is 2.00 bits per heavy atom. The molecule has 146 valence electrons. The van der Waals surface area contributed by atoms with Crippen LogP contribution in [0.5, 0.6) is 0 Å². The zero-order valence-corrected chi connectivity index (χ0v) is 16.5. The quantitative estimate of drug-likeness (QED) is 0.515. The summed E-state index contributed by atoms with van der Waals surface area (Å²) in [6.45, 7) is 4.08. The van der Waals surface area contributed by atoms with E-state index in [-0.39, 0.29) is 5.56 Å². The van der Waals surface area contributed by atoms with Crippen molar-refractivity contribution in [3.05, 3.63) is 76.7 Å². The number of allylic oxidation sites excluding steroid dienone is 1. The molecular formula is C24H24N4O. The van der Waals surface area contributed by atoms with Gasteiger partial charge in [0, 0.05) is 30.5 Å². The summed E-state index contributed by atoms with van der Waals surface area (Å²) in [5.74, 6) is 0. The third-order valence-electron chi connectivity index (χ3n) is 5.58. The fraction of sp³-hybridized carbons (Fsp3) is 0.250. The lowest BCUT2D eigenvalue weighted by molar-refractivity contribution is 0.406. The van der Waals surface area contributed by atoms with Crippen molar-refractivity contribution in [3.63, 3.8) is 0 Å². The summed E-state index contributed by atoms with van der Waals surface area (Å²) in [5, 5.41) is 9.73. The average molecular weight is 384 g/mol. The highest BCUT2D eigenvalue weighted by atomic mass is 16.1. The average Bonchev–Trinajstić information content (AvgIpc) is 2.71. The Morgan fingerprint density at radius 3 is 2.72 bits per heavy atom. The molecule has 5 heteroatoms. The second-order valence-electron chi connectivity index (χ2n) is 7.65. The van der Waals surface area contributed by atoms with Crippen LogP contribution in [0.2, 0.25) is 0 Å². The number of hydrogen-bond donors (Lipinski definition) is 2. The van der Waals surface area contributed by atoms with E-state index >= 15 is 0 Å². The summed E-state index contributed by atoms with van der Waals surface area (Å²) in [4.78, 5) is 18.2. The van der Waals surface area contributed by atoms with Crippen molar-refractivity contribution in [2.24, 2.45) is 0 Å². The van der Waals surface area contributed by atoms with Gasteiger partial charge in [0.25, 0.3) is 5.56 Å². The summed E-state index contributed by atoms with van der Waals surface area (Å²) >= 11 is 0. The Kier molecular flexibility index (Phi) is 4.52. The summed E-state index contributed by atoms with van der Waals surface area (Å²) in [7, 11) is 0. The van der Waals surface area contributed by atoms with Crippen LogP contribution in [0, 0.1) is 0 Å². The fourth-order valence-corrected chi connectivity index (χ4v) is 3.87. The first-order valence-electron chi connectivity index (χ1n) is 10.3. The molecule has 0 unspecified atom stereocenters. The summed E-state index contributed by atoms with van der Waals surface area (Å²) in [5.41, 5.74) is 3.44. The molecule has 5 nitrogen and oxygen atoms in total. The van der Waals surface area contributed by atoms with Gasteiger partial charge in [-0.1, -0.05) is 43.7 Å². The lowest BCUT2D eigenvalue weighted by Crippen LogP contribution is -2.54. The van der Waals surface area contributed by atoms with Crippen LogP contribution in [-0.2, 0) is 0 Å². The van der Waals surface area contributed by atoms with Crippen LogP contribution >= 0.6 is 0 Å². The van der Waals surface area contributed by atoms with Gasteiger partial charge in [-0.05, 0) is 41.5 Å². The van der Waals surface area contributed by atoms with Gasteiger partial charge in [0.15, 0.2) is 0 Å². The molecule has 0 bridgehead atoms. The van der Waals surface area contributed by atoms with Crippen molar-refractivity contribution in [3.8, 4) is 0 Å². The number of nitrogens with zero attached hydrogens (tertiary/aromatic N) is 2. The molecule has 0 spiro atoms. The molecule has 2 aromatic heterocycles. The summed E-state index contributed by atoms with van der Waals surface area (Å²) in [6, 6.07) is 16.4. The predicted molar refractivity (Wildman–Crippen MR) is 119 cm³/mol. The molecule has 3 heterocycles. The highest BCUT2D eigenvalue weighted by molar-refractivity contribution is 5.97. The Morgan fingerprint density at radius 1 is 1.21 bits per heavy atom. The van der Waals surface area contributed by atoms with Gasteiger partial charge in [-0.2, -0.15) is 0 Å². The van der Waals surface area contributed by atoms with E-state index in [0.29, 0.717) is 17.1 Å². The standard InChI is InChI=1S/C24H24N4O/c1-2-3-10-21(26-18-14-25-15-18)19-9-6-11-28-23(19)27-22-13-17-8-5-4-7-16(17)12-20(22)24(28)29/h4-13,18,25-26H,2-3,14-15H2,1H3/b21-10+. The Hall–Kier alpha value is -3.18. The molecule has 1 saturated heterocycles. The first kappa shape index (κ1) is 17.9. The van der Waals surface area contributed by atoms with Crippen LogP contribution in [0.4, 0.5) is 0 Å². The molecule has 29 heavy (non-hydrogen) atoms. The van der Waals surface area contributed by atoms with Gasteiger partial charge in [-0.15, -0.1) is 0 Å². The number of unbranched alkanes of at least 4 members (excludes halogenated alkanes) is 1. The van der Waals surface area contributed by atoms with Crippen molar-refractivity contribution in [1.29, 1.82) is 0 Å². The molecule has 0 atom stereocenters. The van der Waals surface area contributed by atoms with Crippen LogP contribution in [0.25, 0.3) is 33.0 Å². The zero-order chi connectivity index (χ0) is 19.8. The number of nitrogens with one attached hydrogen (secondary N) is 2. The zero-order valence-electron chi connectivity index (χ0n) is 16.5. The molecule has 0 aliphatic carbocycles. The predicted octanol–water partition coefficient (Wildman–Crippen LogP) is 3.70. The first-order chi connectivity index (χ1) is 14.2. The van der Waals surface area contributed by atoms with Gasteiger partial charge in [0.1, 0.15) is 5.65 Å². The Labute approximate surface area is 169 Å². The third-order valence-corrected chi connectivity index (χ3v) is 5.58. The molecule has 5 rings (SSSR count).